The molecule has 0 aliphatic heterocycles. The standard InChI is InChI=1S/C23H21ClF3N5O4/c1-29-21(33)17-12-15(7-9-30-17)36-14-4-2-3-13(11-14)31-22(34)32-16-5-6-18(35-10-8-28)20(24)19(16)23(25,26)27/h2-7,9,11-12H,8,10,28H2,1H3,(H,29,33)(H2,31,32,34). The summed E-state index contributed by atoms with van der Waals surface area (Å²) in [6.07, 6.45) is -3.47. The van der Waals surface area contributed by atoms with E-state index in [2.05, 4.69) is 20.9 Å². The van der Waals surface area contributed by atoms with E-state index in [4.69, 9.17) is 26.8 Å². The van der Waals surface area contributed by atoms with Gasteiger partial charge in [0.2, 0.25) is 0 Å². The van der Waals surface area contributed by atoms with Crippen LogP contribution < -0.4 is 31.2 Å². The number of anilines is 2. The Hall–Kier alpha value is -4.03. The average Bonchev–Trinajstić information content (AvgIpc) is 2.82. The van der Waals surface area contributed by atoms with Crippen molar-refractivity contribution < 1.29 is 32.2 Å². The summed E-state index contributed by atoms with van der Waals surface area (Å²) < 4.78 is 51.8. The molecule has 0 atom stereocenters. The first-order valence-corrected chi connectivity index (χ1v) is 10.8. The Morgan fingerprint density at radius 1 is 1.08 bits per heavy atom. The number of halogens is 4. The Morgan fingerprint density at radius 2 is 1.83 bits per heavy atom. The number of amides is 3. The number of hydrogen-bond donors (Lipinski definition) is 4. The first-order chi connectivity index (χ1) is 17.1. The van der Waals surface area contributed by atoms with Gasteiger partial charge in [0.25, 0.3) is 5.91 Å². The van der Waals surface area contributed by atoms with Crippen molar-refractivity contribution in [3.05, 3.63) is 71.0 Å². The lowest BCUT2D eigenvalue weighted by Crippen LogP contribution is -2.22. The topological polar surface area (TPSA) is 128 Å². The van der Waals surface area contributed by atoms with Crippen LogP contribution in [0.1, 0.15) is 16.1 Å². The van der Waals surface area contributed by atoms with Crippen LogP contribution in [0.3, 0.4) is 0 Å². The lowest BCUT2D eigenvalue weighted by atomic mass is 10.1. The van der Waals surface area contributed by atoms with Gasteiger partial charge in [0.15, 0.2) is 0 Å². The first kappa shape index (κ1) is 26.6. The van der Waals surface area contributed by atoms with Crippen LogP contribution in [0.2, 0.25) is 5.02 Å². The molecule has 5 N–H and O–H groups in total. The zero-order chi connectivity index (χ0) is 26.3. The predicted molar refractivity (Wildman–Crippen MR) is 128 cm³/mol. The second-order valence-electron chi connectivity index (χ2n) is 7.10. The first-order valence-electron chi connectivity index (χ1n) is 10.4. The van der Waals surface area contributed by atoms with Crippen LogP contribution in [0.5, 0.6) is 17.2 Å². The Labute approximate surface area is 208 Å². The molecule has 0 fully saturated rings. The van der Waals surface area contributed by atoms with Gasteiger partial charge < -0.3 is 31.2 Å². The molecule has 9 nitrogen and oxygen atoms in total. The van der Waals surface area contributed by atoms with Crippen LogP contribution >= 0.6 is 11.6 Å². The zero-order valence-corrected chi connectivity index (χ0v) is 19.5. The van der Waals surface area contributed by atoms with Gasteiger partial charge in [0.1, 0.15) is 35.1 Å². The highest BCUT2D eigenvalue weighted by molar-refractivity contribution is 6.33. The molecule has 0 radical (unpaired) electrons. The normalized spacial score (nSPS) is 10.9. The van der Waals surface area contributed by atoms with E-state index in [0.29, 0.717) is 11.5 Å². The molecule has 190 valence electrons. The molecule has 0 unspecified atom stereocenters. The van der Waals surface area contributed by atoms with Crippen LogP contribution in [-0.4, -0.2) is 37.1 Å². The molecule has 3 rings (SSSR count). The van der Waals surface area contributed by atoms with Gasteiger partial charge >= 0.3 is 12.2 Å². The predicted octanol–water partition coefficient (Wildman–Crippen LogP) is 4.89. The van der Waals surface area contributed by atoms with Crippen LogP contribution in [-0.2, 0) is 6.18 Å². The molecule has 1 heterocycles. The molecule has 3 amide bonds. The highest BCUT2D eigenvalue weighted by Gasteiger charge is 2.38. The van der Waals surface area contributed by atoms with Crippen molar-refractivity contribution in [1.29, 1.82) is 0 Å². The average molecular weight is 524 g/mol. The number of hydrogen-bond acceptors (Lipinski definition) is 6. The molecule has 0 bridgehead atoms. The van der Waals surface area contributed by atoms with E-state index in [0.717, 1.165) is 6.07 Å². The largest absolute Gasteiger partial charge is 0.491 e. The molecule has 0 aliphatic carbocycles. The molecule has 0 spiro atoms. The fourth-order valence-corrected chi connectivity index (χ4v) is 3.33. The molecule has 1 aromatic heterocycles. The Balaban J connectivity index is 1.75. The minimum absolute atomic E-state index is 0.0324. The Bertz CT molecular complexity index is 1260. The van der Waals surface area contributed by atoms with Crippen LogP contribution in [0.15, 0.2) is 54.7 Å². The molecule has 0 saturated heterocycles. The maximum atomic E-state index is 13.7. The molecule has 2 aromatic carbocycles. The summed E-state index contributed by atoms with van der Waals surface area (Å²) in [5.74, 6) is -0.000302. The van der Waals surface area contributed by atoms with E-state index < -0.39 is 34.4 Å². The fourth-order valence-electron chi connectivity index (χ4n) is 3.00. The smallest absolute Gasteiger partial charge is 0.419 e. The highest BCUT2D eigenvalue weighted by atomic mass is 35.5. The van der Waals surface area contributed by atoms with Gasteiger partial charge in [-0.05, 0) is 30.3 Å². The lowest BCUT2D eigenvalue weighted by molar-refractivity contribution is -0.136. The number of carbonyl (C=O) groups is 2. The number of alkyl halides is 3. The van der Waals surface area contributed by atoms with Crippen molar-refractivity contribution in [2.24, 2.45) is 5.73 Å². The molecule has 0 saturated carbocycles. The molecular weight excluding hydrogens is 503 g/mol. The number of aromatic nitrogens is 1. The summed E-state index contributed by atoms with van der Waals surface area (Å²) in [4.78, 5) is 28.2. The van der Waals surface area contributed by atoms with Crippen molar-refractivity contribution in [2.45, 2.75) is 6.18 Å². The van der Waals surface area contributed by atoms with Crippen LogP contribution in [0.25, 0.3) is 0 Å². The van der Waals surface area contributed by atoms with Crippen LogP contribution in [0, 0.1) is 0 Å². The van der Waals surface area contributed by atoms with E-state index in [1.54, 1.807) is 12.1 Å². The number of rotatable bonds is 8. The monoisotopic (exact) mass is 523 g/mol. The van der Waals surface area contributed by atoms with Crippen molar-refractivity contribution in [3.63, 3.8) is 0 Å². The number of nitrogens with zero attached hydrogens (tertiary/aromatic N) is 1. The van der Waals surface area contributed by atoms with E-state index in [-0.39, 0.29) is 30.3 Å². The van der Waals surface area contributed by atoms with Gasteiger partial charge in [-0.15, -0.1) is 0 Å². The van der Waals surface area contributed by atoms with Gasteiger partial charge in [-0.3, -0.25) is 9.78 Å². The second-order valence-corrected chi connectivity index (χ2v) is 7.48. The summed E-state index contributed by atoms with van der Waals surface area (Å²) in [5, 5.41) is 6.35. The minimum atomic E-state index is -4.87. The molecule has 36 heavy (non-hydrogen) atoms. The highest BCUT2D eigenvalue weighted by Crippen LogP contribution is 2.44. The number of pyridine rings is 1. The number of ether oxygens (including phenoxy) is 2. The van der Waals surface area contributed by atoms with Gasteiger partial charge in [-0.1, -0.05) is 17.7 Å². The maximum Gasteiger partial charge on any atom is 0.419 e. The zero-order valence-electron chi connectivity index (χ0n) is 18.8. The number of urea groups is 1. The van der Waals surface area contributed by atoms with Gasteiger partial charge in [0, 0.05) is 37.6 Å². The number of benzene rings is 2. The molecule has 13 heteroatoms. The van der Waals surface area contributed by atoms with Crippen molar-refractivity contribution >= 4 is 34.9 Å². The maximum absolute atomic E-state index is 13.7. The third kappa shape index (κ3) is 6.77. The van der Waals surface area contributed by atoms with Gasteiger partial charge in [-0.25, -0.2) is 4.79 Å². The number of nitrogens with one attached hydrogen (secondary N) is 3. The minimum Gasteiger partial charge on any atom is -0.491 e. The third-order valence-electron chi connectivity index (χ3n) is 4.53. The lowest BCUT2D eigenvalue weighted by Gasteiger charge is -2.18. The van der Waals surface area contributed by atoms with E-state index in [9.17, 15) is 22.8 Å². The summed E-state index contributed by atoms with van der Waals surface area (Å²) >= 11 is 5.91. The van der Waals surface area contributed by atoms with Crippen molar-refractivity contribution in [3.8, 4) is 17.2 Å². The molecule has 3 aromatic rings. The summed E-state index contributed by atoms with van der Waals surface area (Å²) in [5.41, 5.74) is 3.87. The van der Waals surface area contributed by atoms with Crippen LogP contribution in [0.4, 0.5) is 29.3 Å². The Kier molecular flexibility index (Phi) is 8.56. The van der Waals surface area contributed by atoms with E-state index >= 15 is 0 Å². The number of carbonyl (C=O) groups excluding carboxylic acids is 2. The molecule has 0 aliphatic rings. The van der Waals surface area contributed by atoms with Crippen molar-refractivity contribution in [1.82, 2.24) is 10.3 Å². The van der Waals surface area contributed by atoms with Crippen molar-refractivity contribution in [2.75, 3.05) is 30.8 Å². The quantitative estimate of drug-likeness (QED) is 0.333. The molecular formula is C23H21ClF3N5O4. The summed E-state index contributed by atoms with van der Waals surface area (Å²) in [6.45, 7) is 0.0502. The number of nitrogens with two attached hydrogens (primary N) is 1. The van der Waals surface area contributed by atoms with E-state index in [1.165, 1.54) is 43.6 Å². The fraction of sp³-hybridized carbons (Fsp3) is 0.174. The van der Waals surface area contributed by atoms with Gasteiger partial charge in [-0.2, -0.15) is 13.2 Å². The second kappa shape index (κ2) is 11.6. The van der Waals surface area contributed by atoms with E-state index in [1.807, 2.05) is 0 Å². The summed E-state index contributed by atoms with van der Waals surface area (Å²) in [6, 6.07) is 10.4. The third-order valence-corrected chi connectivity index (χ3v) is 4.91. The summed E-state index contributed by atoms with van der Waals surface area (Å²) in [7, 11) is 1.47. The SMILES string of the molecule is CNC(=O)c1cc(Oc2cccc(NC(=O)Nc3ccc(OCCN)c(Cl)c3C(F)(F)F)c2)ccn1. The van der Waals surface area contributed by atoms with Gasteiger partial charge in [0.05, 0.1) is 10.7 Å². The Morgan fingerprint density at radius 3 is 2.53 bits per heavy atom.